The monoisotopic (exact) mass is 388 g/mol. The Kier molecular flexibility index (Phi) is 6.21. The summed E-state index contributed by atoms with van der Waals surface area (Å²) in [6.07, 6.45) is 0.348. The number of anilines is 1. The van der Waals surface area contributed by atoms with Gasteiger partial charge in [-0.25, -0.2) is 17.5 Å². The van der Waals surface area contributed by atoms with E-state index >= 15 is 0 Å². The van der Waals surface area contributed by atoms with Crippen LogP contribution in [0.5, 0.6) is 0 Å². The third-order valence-corrected chi connectivity index (χ3v) is 5.38. The molecule has 0 fully saturated rings. The molecule has 0 aromatic heterocycles. The van der Waals surface area contributed by atoms with Crippen molar-refractivity contribution in [1.29, 1.82) is 0 Å². The number of halogens is 3. The van der Waals surface area contributed by atoms with E-state index in [0.717, 1.165) is 6.07 Å². The van der Waals surface area contributed by atoms with E-state index < -0.39 is 26.8 Å². The number of nitrogens with one attached hydrogen (secondary N) is 1. The van der Waals surface area contributed by atoms with E-state index in [1.54, 1.807) is 6.92 Å². The van der Waals surface area contributed by atoms with Crippen LogP contribution >= 0.6 is 27.5 Å². The van der Waals surface area contributed by atoms with E-state index in [4.69, 9.17) is 22.4 Å². The molecule has 0 spiro atoms. The molecule has 0 radical (unpaired) electrons. The minimum absolute atomic E-state index is 0.00764. The van der Waals surface area contributed by atoms with E-state index in [2.05, 4.69) is 20.7 Å². The zero-order valence-corrected chi connectivity index (χ0v) is 13.8. The second-order valence-electron chi connectivity index (χ2n) is 4.29. The van der Waals surface area contributed by atoms with Crippen LogP contribution < -0.4 is 10.5 Å². The molecule has 1 aromatic carbocycles. The molecule has 9 heteroatoms. The molecule has 0 heterocycles. The molecular formula is C11H15BrClFN2O3S. The molecule has 0 aliphatic heterocycles. The summed E-state index contributed by atoms with van der Waals surface area (Å²) in [6, 6.07) is 0.994. The van der Waals surface area contributed by atoms with Gasteiger partial charge in [-0.2, -0.15) is 0 Å². The Hall–Kier alpha value is -0.410. The molecule has 0 saturated heterocycles. The van der Waals surface area contributed by atoms with Gasteiger partial charge in [-0.05, 0) is 41.8 Å². The van der Waals surface area contributed by atoms with Gasteiger partial charge in [-0.1, -0.05) is 11.6 Å². The molecule has 1 atom stereocenters. The molecule has 0 aliphatic carbocycles. The highest BCUT2D eigenvalue weighted by Crippen LogP contribution is 2.34. The fraction of sp³-hybridized carbons (Fsp3) is 0.455. The highest BCUT2D eigenvalue weighted by molar-refractivity contribution is 9.10. The van der Waals surface area contributed by atoms with Gasteiger partial charge in [-0.15, -0.1) is 0 Å². The van der Waals surface area contributed by atoms with Gasteiger partial charge in [0.05, 0.1) is 21.3 Å². The number of aliphatic hydroxyl groups excluding tert-OH is 1. The minimum atomic E-state index is -4.04. The van der Waals surface area contributed by atoms with Crippen LogP contribution in [0.15, 0.2) is 15.4 Å². The third-order valence-electron chi connectivity index (χ3n) is 2.54. The fourth-order valence-electron chi connectivity index (χ4n) is 1.48. The minimum Gasteiger partial charge on any atom is -0.395 e. The van der Waals surface area contributed by atoms with E-state index in [1.165, 1.54) is 0 Å². The second kappa shape index (κ2) is 7.04. The summed E-state index contributed by atoms with van der Waals surface area (Å²) in [4.78, 5) is -0.597. The van der Waals surface area contributed by atoms with E-state index in [1.807, 2.05) is 0 Å². The van der Waals surface area contributed by atoms with Gasteiger partial charge >= 0.3 is 0 Å². The van der Waals surface area contributed by atoms with Crippen molar-refractivity contribution in [3.05, 3.63) is 21.4 Å². The Balaban J connectivity index is 2.94. The molecule has 0 saturated carbocycles. The first-order chi connectivity index (χ1) is 9.16. The number of hydrogen-bond donors (Lipinski definition) is 3. The fourth-order valence-corrected chi connectivity index (χ4v) is 3.23. The second-order valence-corrected chi connectivity index (χ2v) is 7.22. The highest BCUT2D eigenvalue weighted by atomic mass is 79.9. The maximum atomic E-state index is 13.9. The first-order valence-electron chi connectivity index (χ1n) is 5.77. The summed E-state index contributed by atoms with van der Waals surface area (Å²) >= 11 is 8.75. The van der Waals surface area contributed by atoms with Crippen molar-refractivity contribution in [3.8, 4) is 0 Å². The molecule has 1 rings (SSSR count). The largest absolute Gasteiger partial charge is 0.395 e. The van der Waals surface area contributed by atoms with Crippen molar-refractivity contribution >= 4 is 43.2 Å². The van der Waals surface area contributed by atoms with E-state index in [9.17, 15) is 12.8 Å². The molecule has 5 nitrogen and oxygen atoms in total. The van der Waals surface area contributed by atoms with Crippen LogP contribution in [0.3, 0.4) is 0 Å². The Morgan fingerprint density at radius 1 is 1.60 bits per heavy atom. The summed E-state index contributed by atoms with van der Waals surface area (Å²) in [6.45, 7) is 1.68. The lowest BCUT2D eigenvalue weighted by atomic mass is 10.2. The van der Waals surface area contributed by atoms with Crippen LogP contribution in [0.25, 0.3) is 0 Å². The molecule has 20 heavy (non-hydrogen) atoms. The normalized spacial score (nSPS) is 13.4. The number of rotatable bonds is 6. The van der Waals surface area contributed by atoms with Crippen molar-refractivity contribution in [1.82, 2.24) is 4.72 Å². The Bertz CT molecular complexity index is 596. The Morgan fingerprint density at radius 3 is 2.75 bits per heavy atom. The molecule has 0 amide bonds. The maximum absolute atomic E-state index is 13.9. The summed E-state index contributed by atoms with van der Waals surface area (Å²) in [5.41, 5.74) is 5.08. The SMILES string of the molecule is CC(O)CCCNS(=O)(=O)c1cc(Cl)c(Br)c(N)c1F. The van der Waals surface area contributed by atoms with Crippen molar-refractivity contribution in [2.75, 3.05) is 12.3 Å². The summed E-state index contributed by atoms with van der Waals surface area (Å²) in [5.74, 6) is -1.05. The van der Waals surface area contributed by atoms with Gasteiger partial charge in [0.2, 0.25) is 10.0 Å². The van der Waals surface area contributed by atoms with Crippen molar-refractivity contribution < 1.29 is 17.9 Å². The van der Waals surface area contributed by atoms with Gasteiger partial charge in [0.1, 0.15) is 4.90 Å². The predicted molar refractivity (Wildman–Crippen MR) is 79.6 cm³/mol. The molecular weight excluding hydrogens is 375 g/mol. The smallest absolute Gasteiger partial charge is 0.243 e. The van der Waals surface area contributed by atoms with Gasteiger partial charge in [-0.3, -0.25) is 0 Å². The molecule has 1 aromatic rings. The summed E-state index contributed by atoms with van der Waals surface area (Å²) in [7, 11) is -4.04. The van der Waals surface area contributed by atoms with Crippen LogP contribution in [-0.4, -0.2) is 26.2 Å². The van der Waals surface area contributed by atoms with Crippen LogP contribution in [-0.2, 0) is 10.0 Å². The van der Waals surface area contributed by atoms with Gasteiger partial charge in [0.15, 0.2) is 5.82 Å². The van der Waals surface area contributed by atoms with Crippen molar-refractivity contribution in [2.45, 2.75) is 30.8 Å². The number of sulfonamides is 1. The van der Waals surface area contributed by atoms with Crippen LogP contribution in [0.1, 0.15) is 19.8 Å². The van der Waals surface area contributed by atoms with E-state index in [0.29, 0.717) is 12.8 Å². The highest BCUT2D eigenvalue weighted by Gasteiger charge is 2.23. The lowest BCUT2D eigenvalue weighted by Gasteiger charge is -2.11. The molecule has 114 valence electrons. The van der Waals surface area contributed by atoms with Crippen molar-refractivity contribution in [3.63, 3.8) is 0 Å². The lowest BCUT2D eigenvalue weighted by Crippen LogP contribution is -2.26. The molecule has 0 bridgehead atoms. The average Bonchev–Trinajstić information content (AvgIpc) is 2.36. The van der Waals surface area contributed by atoms with Crippen LogP contribution in [0.2, 0.25) is 5.02 Å². The number of nitrogens with two attached hydrogens (primary N) is 1. The standard InChI is InChI=1S/C11H15BrClFN2O3S/c1-6(17)3-2-4-16-20(18,19)8-5-7(13)9(12)11(15)10(8)14/h5-6,16-17H,2-4,15H2,1H3. The van der Waals surface area contributed by atoms with Gasteiger partial charge in [0.25, 0.3) is 0 Å². The average molecular weight is 390 g/mol. The van der Waals surface area contributed by atoms with Crippen LogP contribution in [0.4, 0.5) is 10.1 Å². The predicted octanol–water partition coefficient (Wildman–Crippen LogP) is 2.26. The number of aliphatic hydroxyl groups is 1. The summed E-state index contributed by atoms with van der Waals surface area (Å²) in [5, 5.41) is 9.08. The first kappa shape index (κ1) is 17.6. The van der Waals surface area contributed by atoms with Gasteiger partial charge in [0, 0.05) is 6.54 Å². The third kappa shape index (κ3) is 4.29. The van der Waals surface area contributed by atoms with E-state index in [-0.39, 0.29) is 21.7 Å². The zero-order valence-electron chi connectivity index (χ0n) is 10.7. The quantitative estimate of drug-likeness (QED) is 0.395. The number of hydrogen-bond acceptors (Lipinski definition) is 4. The first-order valence-corrected chi connectivity index (χ1v) is 8.43. The number of nitrogen functional groups attached to an aromatic ring is 1. The summed E-state index contributed by atoms with van der Waals surface area (Å²) < 4.78 is 40.2. The molecule has 0 aliphatic rings. The lowest BCUT2D eigenvalue weighted by molar-refractivity contribution is 0.182. The van der Waals surface area contributed by atoms with Crippen molar-refractivity contribution in [2.24, 2.45) is 0 Å². The number of benzene rings is 1. The van der Waals surface area contributed by atoms with Gasteiger partial charge < -0.3 is 10.8 Å². The molecule has 4 N–H and O–H groups in total. The van der Waals surface area contributed by atoms with Crippen LogP contribution in [0, 0.1) is 5.82 Å². The Labute approximate surface area is 130 Å². The zero-order chi connectivity index (χ0) is 15.5. The topological polar surface area (TPSA) is 92.4 Å². The molecule has 1 unspecified atom stereocenters. The Morgan fingerprint density at radius 2 is 2.20 bits per heavy atom. The maximum Gasteiger partial charge on any atom is 0.243 e.